The van der Waals surface area contributed by atoms with E-state index in [2.05, 4.69) is 17.6 Å². The second-order valence-electron chi connectivity index (χ2n) is 5.00. The van der Waals surface area contributed by atoms with Gasteiger partial charge in [0, 0.05) is 31.1 Å². The zero-order valence-corrected chi connectivity index (χ0v) is 11.5. The molecule has 0 unspecified atom stereocenters. The molecule has 0 bridgehead atoms. The van der Waals surface area contributed by atoms with E-state index < -0.39 is 0 Å². The minimum Gasteiger partial charge on any atom is -0.353 e. The number of rotatable bonds is 3. The van der Waals surface area contributed by atoms with Crippen molar-refractivity contribution in [1.29, 1.82) is 0 Å². The largest absolute Gasteiger partial charge is 0.353 e. The highest BCUT2D eigenvalue weighted by Gasteiger charge is 2.31. The summed E-state index contributed by atoms with van der Waals surface area (Å²) in [7, 11) is 2.05. The van der Waals surface area contributed by atoms with Gasteiger partial charge in [-0.3, -0.25) is 4.79 Å². The van der Waals surface area contributed by atoms with Crippen LogP contribution in [0.15, 0.2) is 30.0 Å². The van der Waals surface area contributed by atoms with Crippen molar-refractivity contribution in [2.45, 2.75) is 39.2 Å². The van der Waals surface area contributed by atoms with Crippen molar-refractivity contribution in [3.05, 3.63) is 35.7 Å². The van der Waals surface area contributed by atoms with Gasteiger partial charge in [-0.05, 0) is 38.3 Å². The van der Waals surface area contributed by atoms with Crippen LogP contribution >= 0.6 is 0 Å². The minimum absolute atomic E-state index is 0.195. The number of aryl methyl sites for hydroxylation is 1. The van der Waals surface area contributed by atoms with E-state index in [0.717, 1.165) is 31.4 Å². The molecular formula is C15H22N2O. The third-order valence-electron chi connectivity index (χ3n) is 3.69. The van der Waals surface area contributed by atoms with Gasteiger partial charge >= 0.3 is 0 Å². The first kappa shape index (κ1) is 12.9. The van der Waals surface area contributed by atoms with Crippen LogP contribution in [-0.2, 0) is 11.8 Å². The van der Waals surface area contributed by atoms with Crippen LogP contribution in [-0.4, -0.2) is 21.9 Å². The quantitative estimate of drug-likeness (QED) is 0.752. The van der Waals surface area contributed by atoms with Crippen molar-refractivity contribution in [2.24, 2.45) is 7.05 Å². The Balaban J connectivity index is 2.21. The number of carbonyl (C=O) groups excluding carboxylic acids is 1. The Morgan fingerprint density at radius 1 is 1.56 bits per heavy atom. The number of aromatic nitrogens is 1. The molecule has 1 aromatic heterocycles. The molecule has 3 heteroatoms. The van der Waals surface area contributed by atoms with Crippen molar-refractivity contribution in [2.75, 3.05) is 6.54 Å². The summed E-state index contributed by atoms with van der Waals surface area (Å²) in [4.78, 5) is 14.4. The van der Waals surface area contributed by atoms with E-state index in [1.165, 1.54) is 5.69 Å². The predicted octanol–water partition coefficient (Wildman–Crippen LogP) is 3.04. The average molecular weight is 246 g/mol. The van der Waals surface area contributed by atoms with E-state index in [9.17, 15) is 4.79 Å². The molecule has 0 aliphatic carbocycles. The number of allylic oxidation sites excluding steroid dienone is 1. The molecule has 1 aliphatic rings. The summed E-state index contributed by atoms with van der Waals surface area (Å²) in [5.41, 5.74) is 2.11. The van der Waals surface area contributed by atoms with Crippen LogP contribution < -0.4 is 0 Å². The molecule has 1 atom stereocenters. The van der Waals surface area contributed by atoms with Crippen LogP contribution in [0, 0.1) is 0 Å². The fourth-order valence-electron chi connectivity index (χ4n) is 2.76. The maximum absolute atomic E-state index is 12.4. The first-order valence-corrected chi connectivity index (χ1v) is 6.74. The van der Waals surface area contributed by atoms with Crippen LogP contribution in [0.5, 0.6) is 0 Å². The maximum atomic E-state index is 12.4. The Kier molecular flexibility index (Phi) is 3.90. The Morgan fingerprint density at radius 3 is 2.94 bits per heavy atom. The van der Waals surface area contributed by atoms with Gasteiger partial charge in [0.1, 0.15) is 0 Å². The van der Waals surface area contributed by atoms with Crippen LogP contribution in [0.25, 0.3) is 0 Å². The van der Waals surface area contributed by atoms with Gasteiger partial charge in [0.05, 0.1) is 6.04 Å². The molecule has 2 rings (SSSR count). The van der Waals surface area contributed by atoms with Crippen LogP contribution in [0.4, 0.5) is 0 Å². The van der Waals surface area contributed by atoms with Gasteiger partial charge in [-0.25, -0.2) is 0 Å². The Morgan fingerprint density at radius 2 is 2.33 bits per heavy atom. The van der Waals surface area contributed by atoms with Gasteiger partial charge in [-0.15, -0.1) is 0 Å². The van der Waals surface area contributed by atoms with Gasteiger partial charge in [0.25, 0.3) is 0 Å². The summed E-state index contributed by atoms with van der Waals surface area (Å²) in [6.07, 6.45) is 7.15. The topological polar surface area (TPSA) is 25.2 Å². The highest BCUT2D eigenvalue weighted by Crippen LogP contribution is 2.32. The number of likely N-dealkylation sites (tertiary alicyclic amines) is 1. The van der Waals surface area contributed by atoms with Crippen molar-refractivity contribution in [3.8, 4) is 0 Å². The highest BCUT2D eigenvalue weighted by atomic mass is 16.2. The summed E-state index contributed by atoms with van der Waals surface area (Å²) in [5, 5.41) is 0. The van der Waals surface area contributed by atoms with Crippen molar-refractivity contribution in [1.82, 2.24) is 9.47 Å². The normalized spacial score (nSPS) is 20.5. The smallest absolute Gasteiger partial charge is 0.249 e. The average Bonchev–Trinajstić information content (AvgIpc) is 2.96. The molecule has 2 heterocycles. The summed E-state index contributed by atoms with van der Waals surface area (Å²) in [5.74, 6) is 0.195. The fraction of sp³-hybridized carbons (Fsp3) is 0.533. The molecule has 0 saturated carbocycles. The molecule has 1 saturated heterocycles. The molecular weight excluding hydrogens is 224 g/mol. The predicted molar refractivity (Wildman–Crippen MR) is 73.1 cm³/mol. The third-order valence-corrected chi connectivity index (χ3v) is 3.69. The zero-order valence-electron chi connectivity index (χ0n) is 11.5. The lowest BCUT2D eigenvalue weighted by Crippen LogP contribution is -2.31. The number of carbonyl (C=O) groups is 1. The molecule has 0 aromatic carbocycles. The molecule has 0 N–H and O–H groups in total. The van der Waals surface area contributed by atoms with Crippen molar-refractivity contribution >= 4 is 5.91 Å². The molecule has 1 aliphatic heterocycles. The lowest BCUT2D eigenvalue weighted by Gasteiger charge is -2.25. The second-order valence-corrected chi connectivity index (χ2v) is 5.00. The van der Waals surface area contributed by atoms with Gasteiger partial charge in [-0.1, -0.05) is 13.0 Å². The van der Waals surface area contributed by atoms with Gasteiger partial charge in [-0.2, -0.15) is 0 Å². The van der Waals surface area contributed by atoms with Gasteiger partial charge < -0.3 is 9.47 Å². The maximum Gasteiger partial charge on any atom is 0.249 e. The minimum atomic E-state index is 0.195. The zero-order chi connectivity index (χ0) is 13.1. The lowest BCUT2D eigenvalue weighted by atomic mass is 10.1. The highest BCUT2D eigenvalue weighted by molar-refractivity contribution is 5.93. The Labute approximate surface area is 109 Å². The first-order chi connectivity index (χ1) is 8.65. The van der Waals surface area contributed by atoms with Crippen molar-refractivity contribution < 1.29 is 4.79 Å². The third kappa shape index (κ3) is 2.35. The van der Waals surface area contributed by atoms with Crippen LogP contribution in [0.3, 0.4) is 0 Å². The molecule has 98 valence electrons. The molecule has 3 nitrogen and oxygen atoms in total. The number of nitrogens with zero attached hydrogens (tertiary/aromatic N) is 2. The van der Waals surface area contributed by atoms with E-state index in [1.54, 1.807) is 0 Å². The van der Waals surface area contributed by atoms with E-state index in [1.807, 2.05) is 37.2 Å². The van der Waals surface area contributed by atoms with Gasteiger partial charge in [0.2, 0.25) is 5.91 Å². The van der Waals surface area contributed by atoms with E-state index >= 15 is 0 Å². The van der Waals surface area contributed by atoms with E-state index in [0.29, 0.717) is 0 Å². The van der Waals surface area contributed by atoms with E-state index in [-0.39, 0.29) is 11.9 Å². The van der Waals surface area contributed by atoms with E-state index in [4.69, 9.17) is 0 Å². The summed E-state index contributed by atoms with van der Waals surface area (Å²) in [6.45, 7) is 4.87. The Hall–Kier alpha value is -1.51. The molecule has 0 spiro atoms. The molecule has 1 aromatic rings. The number of hydrogen-bond donors (Lipinski definition) is 0. The van der Waals surface area contributed by atoms with Crippen molar-refractivity contribution in [3.63, 3.8) is 0 Å². The molecule has 18 heavy (non-hydrogen) atoms. The summed E-state index contributed by atoms with van der Waals surface area (Å²) in [6, 6.07) is 4.41. The van der Waals surface area contributed by atoms with Crippen LogP contribution in [0.2, 0.25) is 0 Å². The summed E-state index contributed by atoms with van der Waals surface area (Å²) >= 11 is 0. The van der Waals surface area contributed by atoms with Gasteiger partial charge in [0.15, 0.2) is 0 Å². The first-order valence-electron chi connectivity index (χ1n) is 6.74. The summed E-state index contributed by atoms with van der Waals surface area (Å²) < 4.78 is 2.12. The number of hydrogen-bond acceptors (Lipinski definition) is 1. The molecule has 1 fully saturated rings. The lowest BCUT2D eigenvalue weighted by molar-refractivity contribution is -0.128. The van der Waals surface area contributed by atoms with Crippen LogP contribution in [0.1, 0.15) is 44.8 Å². The SMILES string of the molecule is CC/C=C(/C)C(=O)N1CCC[C@H]1c1cccn1C. The molecule has 0 radical (unpaired) electrons. The Bertz CT molecular complexity index is 459. The molecule has 1 amide bonds. The number of amides is 1. The second kappa shape index (κ2) is 5.42. The fourth-order valence-corrected chi connectivity index (χ4v) is 2.76. The monoisotopic (exact) mass is 246 g/mol. The standard InChI is InChI=1S/C15H22N2O/c1-4-7-12(2)15(18)17-11-6-9-14(17)13-8-5-10-16(13)3/h5,7-8,10,14H,4,6,9,11H2,1-3H3/b12-7-/t14-/m0/s1.